The first kappa shape index (κ1) is 16.5. The number of nitrogens with zero attached hydrogens (tertiary/aromatic N) is 1. The van der Waals surface area contributed by atoms with Crippen molar-refractivity contribution >= 4 is 29.2 Å². The number of amides is 3. The first-order valence-corrected chi connectivity index (χ1v) is 7.67. The maximum Gasteiger partial charge on any atom is 0.317 e. The van der Waals surface area contributed by atoms with E-state index in [0.717, 1.165) is 6.42 Å². The highest BCUT2D eigenvalue weighted by atomic mass is 35.5. The van der Waals surface area contributed by atoms with E-state index in [9.17, 15) is 14.0 Å². The number of anilines is 1. The summed E-state index contributed by atoms with van der Waals surface area (Å²) in [6.45, 7) is 3.41. The molecule has 120 valence electrons. The van der Waals surface area contributed by atoms with E-state index in [0.29, 0.717) is 31.7 Å². The van der Waals surface area contributed by atoms with Gasteiger partial charge in [0, 0.05) is 25.3 Å². The van der Waals surface area contributed by atoms with Gasteiger partial charge in [0.1, 0.15) is 5.82 Å². The van der Waals surface area contributed by atoms with Crippen LogP contribution in [0.2, 0.25) is 5.02 Å². The summed E-state index contributed by atoms with van der Waals surface area (Å²) in [4.78, 5) is 25.7. The second-order valence-corrected chi connectivity index (χ2v) is 5.65. The van der Waals surface area contributed by atoms with E-state index in [1.165, 1.54) is 12.1 Å². The summed E-state index contributed by atoms with van der Waals surface area (Å²) in [6, 6.07) is 3.98. The molecule has 0 saturated carbocycles. The van der Waals surface area contributed by atoms with Crippen LogP contribution in [0.25, 0.3) is 0 Å². The molecule has 1 aliphatic rings. The van der Waals surface area contributed by atoms with E-state index in [4.69, 9.17) is 11.6 Å². The van der Waals surface area contributed by atoms with Crippen LogP contribution in [0.3, 0.4) is 0 Å². The standard InChI is InChI=1S/C15H19ClFN3O2/c1-2-18-15(22)20-7-3-4-10(9-20)14(21)19-11-5-6-12(16)13(17)8-11/h5-6,8,10H,2-4,7,9H2,1H3,(H,18,22)(H,19,21). The summed E-state index contributed by atoms with van der Waals surface area (Å²) in [6.07, 6.45) is 1.47. The summed E-state index contributed by atoms with van der Waals surface area (Å²) in [7, 11) is 0. The highest BCUT2D eigenvalue weighted by molar-refractivity contribution is 6.30. The van der Waals surface area contributed by atoms with Gasteiger partial charge in [-0.3, -0.25) is 4.79 Å². The van der Waals surface area contributed by atoms with Crippen LogP contribution in [0.4, 0.5) is 14.9 Å². The van der Waals surface area contributed by atoms with Crippen molar-refractivity contribution in [3.63, 3.8) is 0 Å². The largest absolute Gasteiger partial charge is 0.338 e. The second-order valence-electron chi connectivity index (χ2n) is 5.24. The molecule has 0 bridgehead atoms. The fourth-order valence-corrected chi connectivity index (χ4v) is 2.57. The Kier molecular flexibility index (Phi) is 5.60. The molecule has 7 heteroatoms. The predicted octanol–water partition coefficient (Wildman–Crippen LogP) is 2.86. The molecule has 1 saturated heterocycles. The molecular weight excluding hydrogens is 309 g/mol. The molecule has 0 radical (unpaired) electrons. The van der Waals surface area contributed by atoms with E-state index >= 15 is 0 Å². The Bertz CT molecular complexity index is 568. The molecule has 5 nitrogen and oxygen atoms in total. The summed E-state index contributed by atoms with van der Waals surface area (Å²) in [5.41, 5.74) is 0.363. The summed E-state index contributed by atoms with van der Waals surface area (Å²) in [5.74, 6) is -1.09. The number of halogens is 2. The fourth-order valence-electron chi connectivity index (χ4n) is 2.46. The van der Waals surface area contributed by atoms with Crippen molar-refractivity contribution in [1.82, 2.24) is 10.2 Å². The quantitative estimate of drug-likeness (QED) is 0.896. The monoisotopic (exact) mass is 327 g/mol. The van der Waals surface area contributed by atoms with Gasteiger partial charge in [-0.2, -0.15) is 0 Å². The third-order valence-electron chi connectivity index (χ3n) is 3.59. The number of likely N-dealkylation sites (tertiary alicyclic amines) is 1. The smallest absolute Gasteiger partial charge is 0.317 e. The molecule has 0 aliphatic carbocycles. The van der Waals surface area contributed by atoms with Gasteiger partial charge in [-0.15, -0.1) is 0 Å². The van der Waals surface area contributed by atoms with Gasteiger partial charge >= 0.3 is 6.03 Å². The zero-order chi connectivity index (χ0) is 16.1. The summed E-state index contributed by atoms with van der Waals surface area (Å²) < 4.78 is 13.4. The van der Waals surface area contributed by atoms with Crippen molar-refractivity contribution in [3.05, 3.63) is 29.0 Å². The lowest BCUT2D eigenvalue weighted by molar-refractivity contribution is -0.121. The highest BCUT2D eigenvalue weighted by Gasteiger charge is 2.28. The molecule has 3 amide bonds. The third kappa shape index (κ3) is 4.10. The molecule has 1 aromatic rings. The normalized spacial score (nSPS) is 18.0. The first-order valence-electron chi connectivity index (χ1n) is 7.30. The van der Waals surface area contributed by atoms with Gasteiger partial charge in [-0.1, -0.05) is 11.6 Å². The van der Waals surface area contributed by atoms with Crippen LogP contribution >= 0.6 is 11.6 Å². The lowest BCUT2D eigenvalue weighted by atomic mass is 9.97. The number of piperidine rings is 1. The van der Waals surface area contributed by atoms with Crippen LogP contribution in [0.15, 0.2) is 18.2 Å². The van der Waals surface area contributed by atoms with Gasteiger partial charge in [0.05, 0.1) is 10.9 Å². The fraction of sp³-hybridized carbons (Fsp3) is 0.467. The molecule has 1 unspecified atom stereocenters. The van der Waals surface area contributed by atoms with E-state index in [-0.39, 0.29) is 22.9 Å². The van der Waals surface area contributed by atoms with Gasteiger partial charge in [0.25, 0.3) is 0 Å². The van der Waals surface area contributed by atoms with E-state index in [1.54, 1.807) is 11.0 Å². The number of rotatable bonds is 3. The van der Waals surface area contributed by atoms with Crippen LogP contribution < -0.4 is 10.6 Å². The number of carbonyl (C=O) groups excluding carboxylic acids is 2. The van der Waals surface area contributed by atoms with Crippen LogP contribution in [-0.4, -0.2) is 36.5 Å². The van der Waals surface area contributed by atoms with Crippen molar-refractivity contribution in [2.24, 2.45) is 5.92 Å². The zero-order valence-electron chi connectivity index (χ0n) is 12.4. The molecule has 2 N–H and O–H groups in total. The topological polar surface area (TPSA) is 61.4 Å². The van der Waals surface area contributed by atoms with Gasteiger partial charge in [-0.25, -0.2) is 9.18 Å². The Morgan fingerprint density at radius 2 is 2.23 bits per heavy atom. The van der Waals surface area contributed by atoms with E-state index in [1.807, 2.05) is 6.92 Å². The number of hydrogen-bond donors (Lipinski definition) is 2. The Labute approximate surface area is 133 Å². The molecule has 0 spiro atoms. The Morgan fingerprint density at radius 3 is 2.91 bits per heavy atom. The molecular formula is C15H19ClFN3O2. The minimum Gasteiger partial charge on any atom is -0.338 e. The number of urea groups is 1. The van der Waals surface area contributed by atoms with Crippen LogP contribution in [-0.2, 0) is 4.79 Å². The summed E-state index contributed by atoms with van der Waals surface area (Å²) >= 11 is 5.61. The van der Waals surface area contributed by atoms with Crippen molar-refractivity contribution in [2.75, 3.05) is 25.0 Å². The third-order valence-corrected chi connectivity index (χ3v) is 3.90. The SMILES string of the molecule is CCNC(=O)N1CCCC(C(=O)Nc2ccc(Cl)c(F)c2)C1. The van der Waals surface area contributed by atoms with Crippen molar-refractivity contribution in [2.45, 2.75) is 19.8 Å². The average Bonchev–Trinajstić information content (AvgIpc) is 2.51. The Hall–Kier alpha value is -1.82. The molecule has 22 heavy (non-hydrogen) atoms. The number of hydrogen-bond acceptors (Lipinski definition) is 2. The molecule has 1 fully saturated rings. The van der Waals surface area contributed by atoms with Gasteiger partial charge in [0.15, 0.2) is 0 Å². The number of benzene rings is 1. The molecule has 2 rings (SSSR count). The Morgan fingerprint density at radius 1 is 1.45 bits per heavy atom. The van der Waals surface area contributed by atoms with E-state index in [2.05, 4.69) is 10.6 Å². The molecule has 1 aromatic carbocycles. The van der Waals surface area contributed by atoms with E-state index < -0.39 is 5.82 Å². The second kappa shape index (κ2) is 7.45. The lowest BCUT2D eigenvalue weighted by Crippen LogP contribution is -2.47. The maximum atomic E-state index is 13.4. The van der Waals surface area contributed by atoms with Crippen molar-refractivity contribution in [3.8, 4) is 0 Å². The van der Waals surface area contributed by atoms with Gasteiger partial charge < -0.3 is 15.5 Å². The zero-order valence-corrected chi connectivity index (χ0v) is 13.1. The molecule has 0 aromatic heterocycles. The van der Waals surface area contributed by atoms with Crippen LogP contribution in [0.5, 0.6) is 0 Å². The molecule has 1 heterocycles. The van der Waals surface area contributed by atoms with Crippen LogP contribution in [0, 0.1) is 11.7 Å². The highest BCUT2D eigenvalue weighted by Crippen LogP contribution is 2.21. The molecule has 1 atom stereocenters. The minimum atomic E-state index is -0.577. The Balaban J connectivity index is 1.96. The maximum absolute atomic E-state index is 13.4. The first-order chi connectivity index (χ1) is 10.5. The minimum absolute atomic E-state index is 0.0121. The molecule has 1 aliphatic heterocycles. The average molecular weight is 328 g/mol. The van der Waals surface area contributed by atoms with Gasteiger partial charge in [0.2, 0.25) is 5.91 Å². The van der Waals surface area contributed by atoms with Crippen LogP contribution in [0.1, 0.15) is 19.8 Å². The predicted molar refractivity (Wildman–Crippen MR) is 83.4 cm³/mol. The summed E-state index contributed by atoms with van der Waals surface area (Å²) in [5, 5.41) is 5.42. The van der Waals surface area contributed by atoms with Crippen molar-refractivity contribution in [1.29, 1.82) is 0 Å². The number of carbonyl (C=O) groups is 2. The van der Waals surface area contributed by atoms with Crippen molar-refractivity contribution < 1.29 is 14.0 Å². The number of nitrogens with one attached hydrogen (secondary N) is 2. The van der Waals surface area contributed by atoms with Gasteiger partial charge in [-0.05, 0) is 38.0 Å². The lowest BCUT2D eigenvalue weighted by Gasteiger charge is -2.32.